The number of nitrogens with zero attached hydrogens (tertiary/aromatic N) is 2. The molecule has 1 aromatic rings. The van der Waals surface area contributed by atoms with Crippen LogP contribution in [0.5, 0.6) is 0 Å². The number of aryl methyl sites for hydroxylation is 1. The zero-order chi connectivity index (χ0) is 15.2. The van der Waals surface area contributed by atoms with E-state index in [2.05, 4.69) is 34.5 Å². The third-order valence-corrected chi connectivity index (χ3v) is 3.92. The fraction of sp³-hybridized carbons (Fsp3) is 0.733. The van der Waals surface area contributed by atoms with Crippen LogP contribution in [0.4, 0.5) is 5.88 Å². The van der Waals surface area contributed by atoms with Crippen LogP contribution in [0, 0.1) is 12.8 Å². The second-order valence-corrected chi connectivity index (χ2v) is 6.10. The Balaban J connectivity index is 1.84. The van der Waals surface area contributed by atoms with Gasteiger partial charge in [0.15, 0.2) is 0 Å². The van der Waals surface area contributed by atoms with Gasteiger partial charge in [-0.15, -0.1) is 0 Å². The first kappa shape index (κ1) is 16.0. The lowest BCUT2D eigenvalue weighted by Gasteiger charge is -2.32. The van der Waals surface area contributed by atoms with Gasteiger partial charge in [-0.1, -0.05) is 5.16 Å². The van der Waals surface area contributed by atoms with E-state index >= 15 is 0 Å². The summed E-state index contributed by atoms with van der Waals surface area (Å²) in [4.78, 5) is 14.4. The van der Waals surface area contributed by atoms with Crippen molar-refractivity contribution in [3.8, 4) is 0 Å². The summed E-state index contributed by atoms with van der Waals surface area (Å²) in [5.41, 5.74) is 0.765. The molecule has 1 aliphatic rings. The van der Waals surface area contributed by atoms with E-state index in [0.29, 0.717) is 24.4 Å². The Morgan fingerprint density at radius 2 is 2.24 bits per heavy atom. The Kier molecular flexibility index (Phi) is 5.76. The highest BCUT2D eigenvalue weighted by Gasteiger charge is 2.21. The van der Waals surface area contributed by atoms with Gasteiger partial charge in [0.1, 0.15) is 0 Å². The van der Waals surface area contributed by atoms with Gasteiger partial charge in [-0.2, -0.15) is 0 Å². The molecule has 0 spiro atoms. The number of carbonyl (C=O) groups excluding carboxylic acids is 1. The number of rotatable bonds is 6. The lowest BCUT2D eigenvalue weighted by atomic mass is 9.97. The monoisotopic (exact) mass is 294 g/mol. The average Bonchev–Trinajstić information content (AvgIpc) is 2.84. The van der Waals surface area contributed by atoms with Crippen molar-refractivity contribution < 1.29 is 9.32 Å². The summed E-state index contributed by atoms with van der Waals surface area (Å²) in [5, 5.41) is 9.91. The highest BCUT2D eigenvalue weighted by atomic mass is 16.5. The van der Waals surface area contributed by atoms with E-state index in [4.69, 9.17) is 4.52 Å². The predicted molar refractivity (Wildman–Crippen MR) is 82.2 cm³/mol. The zero-order valence-electron chi connectivity index (χ0n) is 13.2. The summed E-state index contributed by atoms with van der Waals surface area (Å²) in [6.07, 6.45) is 2.37. The highest BCUT2D eigenvalue weighted by molar-refractivity contribution is 5.90. The van der Waals surface area contributed by atoms with Crippen molar-refractivity contribution in [3.05, 3.63) is 11.8 Å². The minimum atomic E-state index is -0.0474. The molecule has 0 aromatic carbocycles. The maximum atomic E-state index is 12.1. The van der Waals surface area contributed by atoms with Crippen molar-refractivity contribution in [3.63, 3.8) is 0 Å². The number of carbonyl (C=O) groups is 1. The lowest BCUT2D eigenvalue weighted by Crippen LogP contribution is -2.43. The molecule has 118 valence electrons. The Labute approximate surface area is 126 Å². The molecule has 2 N–H and O–H groups in total. The second kappa shape index (κ2) is 7.56. The number of amides is 1. The fourth-order valence-corrected chi connectivity index (χ4v) is 2.64. The van der Waals surface area contributed by atoms with Gasteiger partial charge in [-0.05, 0) is 52.6 Å². The van der Waals surface area contributed by atoms with Gasteiger partial charge < -0.3 is 9.84 Å². The van der Waals surface area contributed by atoms with Gasteiger partial charge in [0.25, 0.3) is 0 Å². The highest BCUT2D eigenvalue weighted by Crippen LogP contribution is 2.15. The third-order valence-electron chi connectivity index (χ3n) is 3.92. The van der Waals surface area contributed by atoms with Crippen LogP contribution in [-0.4, -0.2) is 48.2 Å². The standard InChI is InChI=1S/C15H26N4O2/c1-11(2)19(9-13-4-6-16-7-5-13)10-14(20)17-15-8-12(3)18-21-15/h8,11,13,16H,4-7,9-10H2,1-3H3,(H,17,20). The molecule has 2 heterocycles. The maximum absolute atomic E-state index is 12.1. The van der Waals surface area contributed by atoms with Crippen LogP contribution < -0.4 is 10.6 Å². The summed E-state index contributed by atoms with van der Waals surface area (Å²) < 4.78 is 5.02. The number of nitrogens with one attached hydrogen (secondary N) is 2. The molecule has 0 radical (unpaired) electrons. The number of hydrogen-bond donors (Lipinski definition) is 2. The van der Waals surface area contributed by atoms with Gasteiger partial charge in [-0.25, -0.2) is 0 Å². The van der Waals surface area contributed by atoms with Crippen molar-refractivity contribution in [1.29, 1.82) is 0 Å². The largest absolute Gasteiger partial charge is 0.338 e. The summed E-state index contributed by atoms with van der Waals surface area (Å²) >= 11 is 0. The van der Waals surface area contributed by atoms with Crippen molar-refractivity contribution in [2.75, 3.05) is 31.5 Å². The van der Waals surface area contributed by atoms with Gasteiger partial charge in [0, 0.05) is 18.7 Å². The van der Waals surface area contributed by atoms with Crippen LogP contribution in [0.2, 0.25) is 0 Å². The van der Waals surface area contributed by atoms with E-state index in [1.54, 1.807) is 6.07 Å². The molecular formula is C15H26N4O2. The number of hydrogen-bond acceptors (Lipinski definition) is 5. The Bertz CT molecular complexity index is 452. The summed E-state index contributed by atoms with van der Waals surface area (Å²) in [6, 6.07) is 2.08. The van der Waals surface area contributed by atoms with Gasteiger partial charge in [0.2, 0.25) is 11.8 Å². The molecule has 0 saturated carbocycles. The lowest BCUT2D eigenvalue weighted by molar-refractivity contribution is -0.118. The molecule has 1 aromatic heterocycles. The second-order valence-electron chi connectivity index (χ2n) is 6.10. The quantitative estimate of drug-likeness (QED) is 0.834. The Morgan fingerprint density at radius 1 is 1.52 bits per heavy atom. The fourth-order valence-electron chi connectivity index (χ4n) is 2.64. The predicted octanol–water partition coefficient (Wildman–Crippen LogP) is 1.63. The number of aromatic nitrogens is 1. The van der Waals surface area contributed by atoms with Crippen molar-refractivity contribution in [1.82, 2.24) is 15.4 Å². The number of anilines is 1. The molecule has 6 nitrogen and oxygen atoms in total. The van der Waals surface area contributed by atoms with E-state index in [1.807, 2.05) is 6.92 Å². The minimum absolute atomic E-state index is 0.0474. The molecule has 0 atom stereocenters. The Hall–Kier alpha value is -1.40. The average molecular weight is 294 g/mol. The summed E-state index contributed by atoms with van der Waals surface area (Å²) in [5.74, 6) is 1.05. The summed E-state index contributed by atoms with van der Waals surface area (Å²) in [7, 11) is 0. The summed E-state index contributed by atoms with van der Waals surface area (Å²) in [6.45, 7) is 9.63. The molecule has 1 amide bonds. The maximum Gasteiger partial charge on any atom is 0.240 e. The van der Waals surface area contributed by atoms with Crippen LogP contribution in [0.3, 0.4) is 0 Å². The van der Waals surface area contributed by atoms with Crippen molar-refractivity contribution >= 4 is 11.8 Å². The first-order valence-corrected chi connectivity index (χ1v) is 7.72. The molecule has 0 unspecified atom stereocenters. The van der Waals surface area contributed by atoms with Crippen molar-refractivity contribution in [2.45, 2.75) is 39.7 Å². The van der Waals surface area contributed by atoms with E-state index in [9.17, 15) is 4.79 Å². The molecule has 6 heteroatoms. The van der Waals surface area contributed by atoms with Crippen LogP contribution in [0.1, 0.15) is 32.4 Å². The van der Waals surface area contributed by atoms with Crippen molar-refractivity contribution in [2.24, 2.45) is 5.92 Å². The van der Waals surface area contributed by atoms with Crippen LogP contribution in [0.15, 0.2) is 10.6 Å². The van der Waals surface area contributed by atoms with E-state index in [1.165, 1.54) is 12.8 Å². The first-order valence-electron chi connectivity index (χ1n) is 7.72. The zero-order valence-corrected chi connectivity index (χ0v) is 13.2. The SMILES string of the molecule is Cc1cc(NC(=O)CN(CC2CCNCC2)C(C)C)on1. The number of piperidine rings is 1. The topological polar surface area (TPSA) is 70.4 Å². The smallest absolute Gasteiger partial charge is 0.240 e. The molecule has 1 saturated heterocycles. The third kappa shape index (κ3) is 5.13. The molecule has 2 rings (SSSR count). The molecular weight excluding hydrogens is 268 g/mol. The molecule has 0 aliphatic carbocycles. The van der Waals surface area contributed by atoms with Crippen LogP contribution in [-0.2, 0) is 4.79 Å². The minimum Gasteiger partial charge on any atom is -0.338 e. The van der Waals surface area contributed by atoms with E-state index in [-0.39, 0.29) is 5.91 Å². The van der Waals surface area contributed by atoms with Gasteiger partial charge >= 0.3 is 0 Å². The van der Waals surface area contributed by atoms with Gasteiger partial charge in [-0.3, -0.25) is 15.0 Å². The van der Waals surface area contributed by atoms with E-state index in [0.717, 1.165) is 25.3 Å². The molecule has 0 bridgehead atoms. The first-order chi connectivity index (χ1) is 10.0. The Morgan fingerprint density at radius 3 is 2.81 bits per heavy atom. The molecule has 1 fully saturated rings. The molecule has 21 heavy (non-hydrogen) atoms. The van der Waals surface area contributed by atoms with Gasteiger partial charge in [0.05, 0.1) is 12.2 Å². The molecule has 1 aliphatic heterocycles. The van der Waals surface area contributed by atoms with E-state index < -0.39 is 0 Å². The van der Waals surface area contributed by atoms with Crippen LogP contribution >= 0.6 is 0 Å². The van der Waals surface area contributed by atoms with Crippen LogP contribution in [0.25, 0.3) is 0 Å². The normalized spacial score (nSPS) is 16.6.